The Balaban J connectivity index is 0.000000451. The van der Waals surface area contributed by atoms with Gasteiger partial charge in [-0.05, 0) is 25.0 Å². The summed E-state index contributed by atoms with van der Waals surface area (Å²) in [5.74, 6) is 1.17. The number of nitrogens with zero attached hydrogens (tertiary/aromatic N) is 1. The van der Waals surface area contributed by atoms with Crippen LogP contribution in [0.4, 0.5) is 5.69 Å². The van der Waals surface area contributed by atoms with Gasteiger partial charge in [0.1, 0.15) is 5.75 Å². The minimum Gasteiger partial charge on any atom is -0.495 e. The molecule has 1 saturated heterocycles. The number of amidine groups is 1. The number of ether oxygens (including phenoxy) is 1. The highest BCUT2D eigenvalue weighted by Gasteiger charge is 2.19. The summed E-state index contributed by atoms with van der Waals surface area (Å²) in [5.41, 5.74) is 1.87. The van der Waals surface area contributed by atoms with Crippen molar-refractivity contribution in [2.24, 2.45) is 5.92 Å². The number of nitrogens with one attached hydrogen (secondary N) is 2. The van der Waals surface area contributed by atoms with Crippen LogP contribution in [0.2, 0.25) is 0 Å². The first-order valence-electron chi connectivity index (χ1n) is 8.54. The molecule has 2 N–H and O–H groups in total. The molecule has 6 nitrogen and oxygen atoms in total. The van der Waals surface area contributed by atoms with Gasteiger partial charge in [0.05, 0.1) is 18.6 Å². The monoisotopic (exact) mass is 349 g/mol. The van der Waals surface area contributed by atoms with Crippen LogP contribution in [0, 0.1) is 18.3 Å². The van der Waals surface area contributed by atoms with Gasteiger partial charge in [0, 0.05) is 26.3 Å². The van der Waals surface area contributed by atoms with E-state index in [-0.39, 0.29) is 17.7 Å². The number of carbonyl (C=O) groups excluding carboxylic acids is 2. The maximum absolute atomic E-state index is 11.2. The number of benzene rings is 1. The van der Waals surface area contributed by atoms with Gasteiger partial charge in [0.15, 0.2) is 0 Å². The number of hydrogen-bond donors (Lipinski definition) is 2. The van der Waals surface area contributed by atoms with Crippen molar-refractivity contribution in [3.8, 4) is 5.75 Å². The first-order valence-corrected chi connectivity index (χ1v) is 8.54. The Kier molecular flexibility index (Phi) is 10.2. The summed E-state index contributed by atoms with van der Waals surface area (Å²) in [6, 6.07) is 5.71. The molecule has 2 rings (SSSR count). The van der Waals surface area contributed by atoms with Crippen molar-refractivity contribution in [3.05, 3.63) is 23.8 Å². The van der Waals surface area contributed by atoms with Crippen LogP contribution in [-0.2, 0) is 9.59 Å². The normalized spacial score (nSPS) is 15.7. The fourth-order valence-corrected chi connectivity index (χ4v) is 2.21. The number of aryl methyl sites for hydroxylation is 1. The van der Waals surface area contributed by atoms with E-state index in [1.165, 1.54) is 6.92 Å². The van der Waals surface area contributed by atoms with E-state index in [0.717, 1.165) is 23.4 Å². The molecular formula is C19H31N3O3. The van der Waals surface area contributed by atoms with Crippen LogP contribution in [-0.4, -0.2) is 31.8 Å². The Hall–Kier alpha value is -2.37. The molecule has 1 atom stereocenters. The zero-order chi connectivity index (χ0) is 19.6. The number of para-hydroxylation sites is 1. The number of piperidine rings is 1. The van der Waals surface area contributed by atoms with E-state index < -0.39 is 0 Å². The van der Waals surface area contributed by atoms with Crippen LogP contribution >= 0.6 is 0 Å². The second-order valence-corrected chi connectivity index (χ2v) is 5.61. The average molecular weight is 349 g/mol. The van der Waals surface area contributed by atoms with Gasteiger partial charge in [-0.25, -0.2) is 0 Å². The molecular weight excluding hydrogens is 318 g/mol. The molecule has 1 aromatic carbocycles. The Bertz CT molecular complexity index is 600. The van der Waals surface area contributed by atoms with E-state index in [1.54, 1.807) is 19.1 Å². The van der Waals surface area contributed by atoms with Crippen molar-refractivity contribution < 1.29 is 14.3 Å². The van der Waals surface area contributed by atoms with Gasteiger partial charge in [-0.3, -0.25) is 15.0 Å². The Morgan fingerprint density at radius 3 is 2.40 bits per heavy atom. The lowest BCUT2D eigenvalue weighted by atomic mass is 10.0. The summed E-state index contributed by atoms with van der Waals surface area (Å²) < 4.78 is 5.20. The molecule has 25 heavy (non-hydrogen) atoms. The third-order valence-corrected chi connectivity index (χ3v) is 3.78. The largest absolute Gasteiger partial charge is 0.495 e. The van der Waals surface area contributed by atoms with Gasteiger partial charge >= 0.3 is 0 Å². The predicted octanol–water partition coefficient (Wildman–Crippen LogP) is 3.52. The molecule has 0 radical (unpaired) electrons. The first-order chi connectivity index (χ1) is 11.8. The second-order valence-electron chi connectivity index (χ2n) is 5.61. The smallest absolute Gasteiger partial charge is 0.228 e. The maximum atomic E-state index is 11.2. The summed E-state index contributed by atoms with van der Waals surface area (Å²) in [7, 11) is 3.35. The zero-order valence-electron chi connectivity index (χ0n) is 16.4. The number of anilines is 1. The number of rotatable bonds is 2. The van der Waals surface area contributed by atoms with Gasteiger partial charge in [-0.2, -0.15) is 0 Å². The van der Waals surface area contributed by atoms with Crippen LogP contribution in [0.3, 0.4) is 0 Å². The van der Waals surface area contributed by atoms with Crippen molar-refractivity contribution >= 4 is 23.3 Å². The Morgan fingerprint density at radius 2 is 1.96 bits per heavy atom. The molecule has 0 saturated carbocycles. The number of carbonyl (C=O) groups is 2. The van der Waals surface area contributed by atoms with Gasteiger partial charge < -0.3 is 15.0 Å². The quantitative estimate of drug-likeness (QED) is 0.857. The van der Waals surface area contributed by atoms with E-state index in [2.05, 4.69) is 5.32 Å². The fraction of sp³-hybridized carbons (Fsp3) is 0.526. The van der Waals surface area contributed by atoms with Crippen LogP contribution in [0.25, 0.3) is 0 Å². The van der Waals surface area contributed by atoms with E-state index in [1.807, 2.05) is 45.9 Å². The number of amides is 2. The van der Waals surface area contributed by atoms with Crippen LogP contribution in [0.1, 0.15) is 46.1 Å². The van der Waals surface area contributed by atoms with Crippen molar-refractivity contribution in [2.75, 3.05) is 19.1 Å². The molecule has 1 aromatic rings. The van der Waals surface area contributed by atoms with Crippen molar-refractivity contribution in [3.63, 3.8) is 0 Å². The molecule has 2 amide bonds. The van der Waals surface area contributed by atoms with E-state index in [4.69, 9.17) is 10.1 Å². The molecule has 1 aliphatic rings. The molecule has 140 valence electrons. The lowest BCUT2D eigenvalue weighted by Crippen LogP contribution is -2.38. The minimum atomic E-state index is -0.00810. The molecule has 0 aromatic heterocycles. The maximum Gasteiger partial charge on any atom is 0.228 e. The second kappa shape index (κ2) is 11.2. The highest BCUT2D eigenvalue weighted by atomic mass is 16.5. The highest BCUT2D eigenvalue weighted by Crippen LogP contribution is 2.30. The summed E-state index contributed by atoms with van der Waals surface area (Å²) >= 11 is 0. The third kappa shape index (κ3) is 6.95. The molecule has 1 fully saturated rings. The molecule has 1 unspecified atom stereocenters. The predicted molar refractivity (Wildman–Crippen MR) is 102 cm³/mol. The van der Waals surface area contributed by atoms with E-state index >= 15 is 0 Å². The van der Waals surface area contributed by atoms with E-state index in [0.29, 0.717) is 12.3 Å². The summed E-state index contributed by atoms with van der Waals surface area (Å²) in [4.78, 5) is 23.6. The molecule has 0 aliphatic carbocycles. The van der Waals surface area contributed by atoms with Crippen LogP contribution in [0.5, 0.6) is 5.75 Å². The SMILES string of the molecule is CC.CC1CCC(=N)NC1=O.COc1cccc(C)c1N(C)C(C)=O. The topological polar surface area (TPSA) is 82.5 Å². The lowest BCUT2D eigenvalue weighted by Gasteiger charge is -2.20. The first kappa shape index (κ1) is 22.6. The summed E-state index contributed by atoms with van der Waals surface area (Å²) in [6.45, 7) is 9.37. The van der Waals surface area contributed by atoms with E-state index in [9.17, 15) is 9.59 Å². The van der Waals surface area contributed by atoms with Gasteiger partial charge in [-0.1, -0.05) is 32.9 Å². The standard InChI is InChI=1S/C11H15NO2.C6H10N2O.C2H6/c1-8-6-5-7-10(14-4)11(8)12(3)9(2)13;1-4-2-3-5(7)8-6(4)9;1-2/h5-7H,1-4H3;4H,2-3H2,1H3,(H2,7,8,9);1-2H3. The molecule has 1 heterocycles. The molecule has 0 bridgehead atoms. The van der Waals surface area contributed by atoms with Crippen molar-refractivity contribution in [1.82, 2.24) is 5.32 Å². The zero-order valence-corrected chi connectivity index (χ0v) is 16.4. The third-order valence-electron chi connectivity index (χ3n) is 3.78. The van der Waals surface area contributed by atoms with Crippen molar-refractivity contribution in [1.29, 1.82) is 5.41 Å². The Labute approximate surface area is 151 Å². The molecule has 6 heteroatoms. The van der Waals surface area contributed by atoms with Gasteiger partial charge in [0.2, 0.25) is 11.8 Å². The van der Waals surface area contributed by atoms with Gasteiger partial charge in [-0.15, -0.1) is 0 Å². The number of hydrogen-bond acceptors (Lipinski definition) is 4. The van der Waals surface area contributed by atoms with Crippen LogP contribution in [0.15, 0.2) is 18.2 Å². The highest BCUT2D eigenvalue weighted by molar-refractivity contribution is 5.99. The fourth-order valence-electron chi connectivity index (χ4n) is 2.21. The minimum absolute atomic E-state index is 0.00222. The Morgan fingerprint density at radius 1 is 1.36 bits per heavy atom. The van der Waals surface area contributed by atoms with Gasteiger partial charge in [0.25, 0.3) is 0 Å². The molecule has 1 aliphatic heterocycles. The van der Waals surface area contributed by atoms with Crippen LogP contribution < -0.4 is 15.0 Å². The number of methoxy groups -OCH3 is 1. The summed E-state index contributed by atoms with van der Waals surface area (Å²) in [6.07, 6.45) is 1.54. The average Bonchev–Trinajstić information content (AvgIpc) is 2.59. The summed E-state index contributed by atoms with van der Waals surface area (Å²) in [5, 5.41) is 9.55. The van der Waals surface area contributed by atoms with Crippen molar-refractivity contribution in [2.45, 2.75) is 47.5 Å². The molecule has 0 spiro atoms. The lowest BCUT2D eigenvalue weighted by molar-refractivity contribution is -0.123.